The molecule has 1 heterocycles. The van der Waals surface area contributed by atoms with Gasteiger partial charge in [0, 0.05) is 16.8 Å². The largest absolute Gasteiger partial charge is 0.494 e. The third kappa shape index (κ3) is 3.67. The molecular formula is C22H19N3O2. The van der Waals surface area contributed by atoms with Crippen molar-refractivity contribution in [3.8, 4) is 17.1 Å². The van der Waals surface area contributed by atoms with Crippen LogP contribution >= 0.6 is 0 Å². The number of nitrogens with one attached hydrogen (secondary N) is 2. The topological polar surface area (TPSA) is 67.0 Å². The first kappa shape index (κ1) is 16.8. The summed E-state index contributed by atoms with van der Waals surface area (Å²) >= 11 is 0. The van der Waals surface area contributed by atoms with Crippen LogP contribution in [0.4, 0.5) is 5.69 Å². The molecule has 0 spiro atoms. The highest BCUT2D eigenvalue weighted by molar-refractivity contribution is 6.04. The van der Waals surface area contributed by atoms with Crippen LogP contribution in [-0.2, 0) is 0 Å². The van der Waals surface area contributed by atoms with Crippen molar-refractivity contribution >= 4 is 22.6 Å². The minimum atomic E-state index is -0.173. The lowest BCUT2D eigenvalue weighted by atomic mass is 10.1. The molecule has 0 saturated carbocycles. The maximum absolute atomic E-state index is 12.5. The molecule has 5 nitrogen and oxygen atoms in total. The molecule has 1 amide bonds. The van der Waals surface area contributed by atoms with E-state index in [4.69, 9.17) is 4.74 Å². The average Bonchev–Trinajstić information content (AvgIpc) is 3.13. The molecule has 0 saturated heterocycles. The molecule has 27 heavy (non-hydrogen) atoms. The van der Waals surface area contributed by atoms with Gasteiger partial charge < -0.3 is 15.0 Å². The molecular weight excluding hydrogens is 338 g/mol. The molecule has 4 rings (SSSR count). The van der Waals surface area contributed by atoms with E-state index >= 15 is 0 Å². The molecule has 0 atom stereocenters. The molecule has 0 bridgehead atoms. The SMILES string of the molecule is CCOc1cccc(C(=O)Nc2ccc(-c3nc4ccccc4[nH]3)cc2)c1. The molecule has 3 aromatic carbocycles. The van der Waals surface area contributed by atoms with Crippen LogP contribution in [0.5, 0.6) is 5.75 Å². The second-order valence-electron chi connectivity index (χ2n) is 6.09. The van der Waals surface area contributed by atoms with Gasteiger partial charge in [0.15, 0.2) is 0 Å². The van der Waals surface area contributed by atoms with Crippen molar-refractivity contribution in [3.05, 3.63) is 78.4 Å². The summed E-state index contributed by atoms with van der Waals surface area (Å²) in [6.45, 7) is 2.48. The Kier molecular flexibility index (Phi) is 4.58. The van der Waals surface area contributed by atoms with Crippen molar-refractivity contribution in [2.75, 3.05) is 11.9 Å². The van der Waals surface area contributed by atoms with Gasteiger partial charge in [-0.3, -0.25) is 4.79 Å². The highest BCUT2D eigenvalue weighted by Crippen LogP contribution is 2.22. The molecule has 0 aliphatic heterocycles. The lowest BCUT2D eigenvalue weighted by Crippen LogP contribution is -2.11. The van der Waals surface area contributed by atoms with Crippen molar-refractivity contribution in [2.24, 2.45) is 0 Å². The van der Waals surface area contributed by atoms with Crippen LogP contribution in [0.25, 0.3) is 22.4 Å². The van der Waals surface area contributed by atoms with E-state index in [9.17, 15) is 4.79 Å². The van der Waals surface area contributed by atoms with E-state index in [2.05, 4.69) is 15.3 Å². The van der Waals surface area contributed by atoms with E-state index < -0.39 is 0 Å². The number of hydrogen-bond donors (Lipinski definition) is 2. The van der Waals surface area contributed by atoms with Gasteiger partial charge in [0.25, 0.3) is 5.91 Å². The van der Waals surface area contributed by atoms with E-state index in [1.54, 1.807) is 12.1 Å². The highest BCUT2D eigenvalue weighted by Gasteiger charge is 2.09. The van der Waals surface area contributed by atoms with Gasteiger partial charge >= 0.3 is 0 Å². The first-order valence-electron chi connectivity index (χ1n) is 8.82. The van der Waals surface area contributed by atoms with Crippen molar-refractivity contribution in [2.45, 2.75) is 6.92 Å². The zero-order valence-electron chi connectivity index (χ0n) is 14.9. The van der Waals surface area contributed by atoms with Gasteiger partial charge in [0.1, 0.15) is 11.6 Å². The Hall–Kier alpha value is -3.60. The standard InChI is InChI=1S/C22H19N3O2/c1-2-27-18-7-5-6-16(14-18)22(26)23-17-12-10-15(11-13-17)21-24-19-8-3-4-9-20(19)25-21/h3-14H,2H2,1H3,(H,23,26)(H,24,25). The van der Waals surface area contributed by atoms with Crippen LogP contribution < -0.4 is 10.1 Å². The number of H-pyrrole nitrogens is 1. The Balaban J connectivity index is 1.50. The number of nitrogens with zero attached hydrogens (tertiary/aromatic N) is 1. The number of rotatable bonds is 5. The van der Waals surface area contributed by atoms with Gasteiger partial charge in [-0.1, -0.05) is 18.2 Å². The van der Waals surface area contributed by atoms with E-state index in [-0.39, 0.29) is 5.91 Å². The van der Waals surface area contributed by atoms with E-state index in [1.165, 1.54) is 0 Å². The molecule has 0 aliphatic carbocycles. The number of carbonyl (C=O) groups is 1. The molecule has 0 unspecified atom stereocenters. The molecule has 5 heteroatoms. The number of para-hydroxylation sites is 2. The quantitative estimate of drug-likeness (QED) is 0.535. The Bertz CT molecular complexity index is 1050. The summed E-state index contributed by atoms with van der Waals surface area (Å²) < 4.78 is 5.45. The maximum Gasteiger partial charge on any atom is 0.255 e. The average molecular weight is 357 g/mol. The van der Waals surface area contributed by atoms with Crippen molar-refractivity contribution in [1.82, 2.24) is 9.97 Å². The van der Waals surface area contributed by atoms with E-state index in [0.29, 0.717) is 17.9 Å². The van der Waals surface area contributed by atoms with Crippen LogP contribution in [0.2, 0.25) is 0 Å². The Labute approximate surface area is 157 Å². The highest BCUT2D eigenvalue weighted by atomic mass is 16.5. The van der Waals surface area contributed by atoms with Gasteiger partial charge in [0.05, 0.1) is 17.6 Å². The normalized spacial score (nSPS) is 10.7. The van der Waals surface area contributed by atoms with Crippen LogP contribution in [0.3, 0.4) is 0 Å². The van der Waals surface area contributed by atoms with Crippen molar-refractivity contribution in [1.29, 1.82) is 0 Å². The number of aromatic amines is 1. The molecule has 1 aromatic heterocycles. The van der Waals surface area contributed by atoms with Crippen molar-refractivity contribution in [3.63, 3.8) is 0 Å². The molecule has 4 aromatic rings. The second-order valence-corrected chi connectivity index (χ2v) is 6.09. The minimum Gasteiger partial charge on any atom is -0.494 e. The number of hydrogen-bond acceptors (Lipinski definition) is 3. The summed E-state index contributed by atoms with van der Waals surface area (Å²) in [7, 11) is 0. The summed E-state index contributed by atoms with van der Waals surface area (Å²) in [6.07, 6.45) is 0. The summed E-state index contributed by atoms with van der Waals surface area (Å²) in [6, 6.07) is 22.7. The summed E-state index contributed by atoms with van der Waals surface area (Å²) in [5, 5.41) is 2.91. The second kappa shape index (κ2) is 7.33. The maximum atomic E-state index is 12.5. The lowest BCUT2D eigenvalue weighted by molar-refractivity contribution is 0.102. The number of ether oxygens (including phenoxy) is 1. The number of aromatic nitrogens is 2. The third-order valence-electron chi connectivity index (χ3n) is 4.21. The molecule has 0 fully saturated rings. The summed E-state index contributed by atoms with van der Waals surface area (Å²) in [5.74, 6) is 1.32. The van der Waals surface area contributed by atoms with Gasteiger partial charge in [-0.25, -0.2) is 4.98 Å². The minimum absolute atomic E-state index is 0.173. The Morgan fingerprint density at radius 1 is 1.04 bits per heavy atom. The fourth-order valence-electron chi connectivity index (χ4n) is 2.90. The van der Waals surface area contributed by atoms with Crippen molar-refractivity contribution < 1.29 is 9.53 Å². The first-order valence-corrected chi connectivity index (χ1v) is 8.82. The van der Waals surface area contributed by atoms with Crippen LogP contribution in [0.15, 0.2) is 72.8 Å². The molecule has 134 valence electrons. The number of imidazole rings is 1. The Morgan fingerprint density at radius 3 is 2.63 bits per heavy atom. The number of fused-ring (bicyclic) bond motifs is 1. The van der Waals surface area contributed by atoms with Gasteiger partial charge in [0.2, 0.25) is 0 Å². The number of carbonyl (C=O) groups excluding carboxylic acids is 1. The monoisotopic (exact) mass is 357 g/mol. The summed E-state index contributed by atoms with van der Waals surface area (Å²) in [5.41, 5.74) is 4.17. The predicted molar refractivity (Wildman–Crippen MR) is 107 cm³/mol. The molecule has 2 N–H and O–H groups in total. The zero-order valence-corrected chi connectivity index (χ0v) is 14.9. The number of amides is 1. The summed E-state index contributed by atoms with van der Waals surface area (Å²) in [4.78, 5) is 20.4. The smallest absolute Gasteiger partial charge is 0.255 e. The van der Waals surface area contributed by atoms with Crippen LogP contribution in [0, 0.1) is 0 Å². The number of anilines is 1. The molecule has 0 radical (unpaired) electrons. The van der Waals surface area contributed by atoms with Gasteiger partial charge in [-0.15, -0.1) is 0 Å². The fraction of sp³-hybridized carbons (Fsp3) is 0.0909. The predicted octanol–water partition coefficient (Wildman–Crippen LogP) is 4.88. The van der Waals surface area contributed by atoms with Gasteiger partial charge in [-0.2, -0.15) is 0 Å². The third-order valence-corrected chi connectivity index (χ3v) is 4.21. The first-order chi connectivity index (χ1) is 13.2. The zero-order chi connectivity index (χ0) is 18.6. The fourth-order valence-corrected chi connectivity index (χ4v) is 2.90. The lowest BCUT2D eigenvalue weighted by Gasteiger charge is -2.08. The van der Waals surface area contributed by atoms with Crippen LogP contribution in [0.1, 0.15) is 17.3 Å². The van der Waals surface area contributed by atoms with Crippen LogP contribution in [-0.4, -0.2) is 22.5 Å². The number of benzene rings is 3. The van der Waals surface area contributed by atoms with E-state index in [1.807, 2.05) is 67.6 Å². The van der Waals surface area contributed by atoms with E-state index in [0.717, 1.165) is 28.1 Å². The Morgan fingerprint density at radius 2 is 1.85 bits per heavy atom. The van der Waals surface area contributed by atoms with Gasteiger partial charge in [-0.05, 0) is 61.5 Å². The molecule has 0 aliphatic rings.